The summed E-state index contributed by atoms with van der Waals surface area (Å²) in [4.78, 5) is 0. The molecule has 0 fully saturated rings. The molecule has 15 aromatic carbocycles. The maximum atomic E-state index is 2.58. The lowest BCUT2D eigenvalue weighted by atomic mass is 9.34. The number of aryl methyl sites for hydroxylation is 6. The van der Waals surface area contributed by atoms with Crippen molar-refractivity contribution in [2.75, 3.05) is 0 Å². The molecule has 101 heavy (non-hydrogen) atoms. The molecule has 0 amide bonds. The highest BCUT2D eigenvalue weighted by molar-refractivity contribution is 6.96. The molecule has 0 saturated heterocycles. The summed E-state index contributed by atoms with van der Waals surface area (Å²) in [5, 5.41) is 9.82. The lowest BCUT2D eigenvalue weighted by molar-refractivity contribution is 1.14. The van der Waals surface area contributed by atoms with Crippen LogP contribution in [0.5, 0.6) is 0 Å². The van der Waals surface area contributed by atoms with Crippen LogP contribution in [0.4, 0.5) is 0 Å². The summed E-state index contributed by atoms with van der Waals surface area (Å²) >= 11 is 0. The third-order valence-corrected chi connectivity index (χ3v) is 21.6. The summed E-state index contributed by atoms with van der Waals surface area (Å²) in [6.45, 7) is 13.7. The fourth-order valence-corrected chi connectivity index (χ4v) is 17.6. The lowest BCUT2D eigenvalue weighted by Gasteiger charge is -2.26. The Hall–Kier alpha value is -12.4. The second kappa shape index (κ2) is 23.7. The lowest BCUT2D eigenvalue weighted by Crippen LogP contribution is -2.56. The first-order valence-corrected chi connectivity index (χ1v) is 35.3. The highest BCUT2D eigenvalue weighted by Crippen LogP contribution is 2.46. The van der Waals surface area contributed by atoms with E-state index >= 15 is 0 Å². The van der Waals surface area contributed by atoms with Crippen LogP contribution in [0.25, 0.3) is 154 Å². The number of hydrogen-bond donors (Lipinski definition) is 0. The van der Waals surface area contributed by atoms with Crippen molar-refractivity contribution in [1.29, 1.82) is 0 Å². The molecule has 0 N–H and O–H groups in total. The molecule has 4 heterocycles. The van der Waals surface area contributed by atoms with Gasteiger partial charge in [-0.25, -0.2) is 0 Å². The Morgan fingerprint density at radius 3 is 0.802 bits per heavy atom. The molecular formula is C96H71BN4. The Bertz CT molecular complexity index is 6150. The van der Waals surface area contributed by atoms with Gasteiger partial charge in [-0.2, -0.15) is 0 Å². The van der Waals surface area contributed by atoms with Crippen LogP contribution in [-0.4, -0.2) is 25.0 Å². The molecule has 478 valence electrons. The quantitative estimate of drug-likeness (QED) is 0.115. The molecule has 19 rings (SSSR count). The van der Waals surface area contributed by atoms with Gasteiger partial charge in [0.05, 0.1) is 44.1 Å². The van der Waals surface area contributed by atoms with Gasteiger partial charge in [-0.05, 0) is 189 Å². The molecule has 0 aliphatic heterocycles. The van der Waals surface area contributed by atoms with Crippen molar-refractivity contribution >= 4 is 110 Å². The Balaban J connectivity index is 0.862. The van der Waals surface area contributed by atoms with Gasteiger partial charge in [0.1, 0.15) is 0 Å². The number of benzene rings is 15. The van der Waals surface area contributed by atoms with Crippen LogP contribution in [-0.2, 0) is 0 Å². The average molecular weight is 1290 g/mol. The third kappa shape index (κ3) is 9.66. The molecule has 0 bridgehead atoms. The topological polar surface area (TPSA) is 19.7 Å². The number of hydrogen-bond acceptors (Lipinski definition) is 0. The highest BCUT2D eigenvalue weighted by atomic mass is 15.0. The van der Waals surface area contributed by atoms with Crippen molar-refractivity contribution in [2.45, 2.75) is 41.5 Å². The van der Waals surface area contributed by atoms with Crippen LogP contribution in [0.2, 0.25) is 0 Å². The predicted octanol–water partition coefficient (Wildman–Crippen LogP) is 23.1. The monoisotopic (exact) mass is 1290 g/mol. The van der Waals surface area contributed by atoms with Crippen LogP contribution in [0.3, 0.4) is 0 Å². The Morgan fingerprint density at radius 1 is 0.198 bits per heavy atom. The van der Waals surface area contributed by atoms with E-state index in [-0.39, 0.29) is 6.71 Å². The first kappa shape index (κ1) is 59.8. The number of rotatable bonds is 11. The molecule has 0 aliphatic carbocycles. The molecule has 0 saturated carbocycles. The van der Waals surface area contributed by atoms with Crippen molar-refractivity contribution < 1.29 is 0 Å². The van der Waals surface area contributed by atoms with Crippen LogP contribution in [0.1, 0.15) is 33.4 Å². The average Bonchev–Trinajstić information content (AvgIpc) is 1.55. The van der Waals surface area contributed by atoms with E-state index in [9.17, 15) is 0 Å². The van der Waals surface area contributed by atoms with E-state index in [2.05, 4.69) is 381 Å². The summed E-state index contributed by atoms with van der Waals surface area (Å²) < 4.78 is 10.1. The first-order chi connectivity index (χ1) is 49.6. The third-order valence-electron chi connectivity index (χ3n) is 21.6. The molecule has 0 unspecified atom stereocenters. The molecule has 4 nitrogen and oxygen atoms in total. The molecule has 0 atom stereocenters. The molecule has 5 heteroatoms. The first-order valence-electron chi connectivity index (χ1n) is 35.3. The van der Waals surface area contributed by atoms with Crippen LogP contribution in [0.15, 0.2) is 322 Å². The SMILES string of the molecule is Cc1cc(C)c(B(c2cc(-n3c4ccccc4c4c5c6ccccc6n(-c6cccc(-c7cccc(-c8ccccc8)c7)c6)c5ccc43)cc(-n3c4ccccc4c4c5c6ccccc6n(-c6cccc(-c7cccc(-c8ccccc8)c7)c6)c5ccc43)c2)c2c(C)cc(C)cc2C)c(C)c1. The number of fused-ring (bicyclic) bond motifs is 14. The van der Waals surface area contributed by atoms with Gasteiger partial charge in [0.15, 0.2) is 0 Å². The Kier molecular flexibility index (Phi) is 14.0. The van der Waals surface area contributed by atoms with Gasteiger partial charge in [-0.15, -0.1) is 0 Å². The Morgan fingerprint density at radius 2 is 0.465 bits per heavy atom. The summed E-state index contributed by atoms with van der Waals surface area (Å²) in [6, 6.07) is 120. The van der Waals surface area contributed by atoms with Gasteiger partial charge in [-0.1, -0.05) is 268 Å². The van der Waals surface area contributed by atoms with Gasteiger partial charge in [0, 0.05) is 65.8 Å². The van der Waals surface area contributed by atoms with Gasteiger partial charge in [0.25, 0.3) is 0 Å². The van der Waals surface area contributed by atoms with Gasteiger partial charge in [0.2, 0.25) is 6.71 Å². The zero-order valence-corrected chi connectivity index (χ0v) is 57.5. The number of aromatic nitrogens is 4. The van der Waals surface area contributed by atoms with E-state index in [1.165, 1.54) is 159 Å². The maximum absolute atomic E-state index is 2.58. The number of nitrogens with zero attached hydrogens (tertiary/aromatic N) is 4. The van der Waals surface area contributed by atoms with Gasteiger partial charge < -0.3 is 18.3 Å². The van der Waals surface area contributed by atoms with E-state index in [1.807, 2.05) is 0 Å². The Labute approximate surface area is 588 Å². The van der Waals surface area contributed by atoms with E-state index in [0.717, 1.165) is 44.8 Å². The van der Waals surface area contributed by atoms with Crippen molar-refractivity contribution in [1.82, 2.24) is 18.3 Å². The normalized spacial score (nSPS) is 11.9. The van der Waals surface area contributed by atoms with Crippen LogP contribution >= 0.6 is 0 Å². The summed E-state index contributed by atoms with van der Waals surface area (Å²) in [5.74, 6) is 0. The summed E-state index contributed by atoms with van der Waals surface area (Å²) in [7, 11) is 0. The standard InChI is InChI=1S/C96H71BN4/c1-60-49-62(3)95(63(4)50-60)97(96-64(5)51-61(2)52-65(96)6)74-57-77(100-85-43-19-15-39-81(85)93-89(100)47-45-87-91(93)79-37-13-17-41-83(79)98(87)75-35-23-33-72(55-75)70-31-21-29-68(53-70)66-25-9-7-10-26-66)59-78(58-74)101-86-44-20-16-40-82(86)94-90(101)48-46-88-92(94)80-38-14-18-42-84(80)99(88)76-36-24-34-73(56-76)71-32-22-30-69(54-71)67-27-11-8-12-28-67/h7-59H,1-6H3. The smallest absolute Gasteiger partial charge is 0.242 e. The molecular weight excluding hydrogens is 1220 g/mol. The number of para-hydroxylation sites is 4. The zero-order valence-electron chi connectivity index (χ0n) is 57.5. The fraction of sp³-hybridized carbons (Fsp3) is 0.0625. The van der Waals surface area contributed by atoms with Crippen LogP contribution in [0, 0.1) is 41.5 Å². The van der Waals surface area contributed by atoms with Gasteiger partial charge >= 0.3 is 0 Å². The van der Waals surface area contributed by atoms with Gasteiger partial charge in [-0.3, -0.25) is 0 Å². The summed E-state index contributed by atoms with van der Waals surface area (Å²) in [5.41, 5.74) is 34.9. The van der Waals surface area contributed by atoms with E-state index in [1.54, 1.807) is 0 Å². The minimum absolute atomic E-state index is 0.112. The van der Waals surface area contributed by atoms with Crippen molar-refractivity contribution in [3.8, 4) is 67.3 Å². The molecule has 4 aromatic heterocycles. The minimum Gasteiger partial charge on any atom is -0.309 e. The molecule has 0 radical (unpaired) electrons. The molecule has 0 aliphatic rings. The predicted molar refractivity (Wildman–Crippen MR) is 432 cm³/mol. The van der Waals surface area contributed by atoms with E-state index in [0.29, 0.717) is 0 Å². The van der Waals surface area contributed by atoms with Crippen molar-refractivity contribution in [2.24, 2.45) is 0 Å². The van der Waals surface area contributed by atoms with Crippen molar-refractivity contribution in [3.63, 3.8) is 0 Å². The maximum Gasteiger partial charge on any atom is 0.242 e. The zero-order chi connectivity index (χ0) is 67.7. The second-order valence-corrected chi connectivity index (χ2v) is 28.0. The minimum atomic E-state index is -0.112. The van der Waals surface area contributed by atoms with E-state index in [4.69, 9.17) is 0 Å². The largest absolute Gasteiger partial charge is 0.309 e. The van der Waals surface area contributed by atoms with E-state index < -0.39 is 0 Å². The highest BCUT2D eigenvalue weighted by Gasteiger charge is 2.32. The van der Waals surface area contributed by atoms with Crippen LogP contribution < -0.4 is 16.4 Å². The molecule has 19 aromatic rings. The van der Waals surface area contributed by atoms with Crippen molar-refractivity contribution in [3.05, 3.63) is 355 Å². The molecule has 0 spiro atoms. The fourth-order valence-electron chi connectivity index (χ4n) is 17.6. The second-order valence-electron chi connectivity index (χ2n) is 28.0. The summed E-state index contributed by atoms with van der Waals surface area (Å²) in [6.07, 6.45) is 0.